The average Bonchev–Trinajstić information content (AvgIpc) is 2.82. The summed E-state index contributed by atoms with van der Waals surface area (Å²) in [7, 11) is 0. The molecule has 2 N–H and O–H groups in total. The van der Waals surface area contributed by atoms with Crippen molar-refractivity contribution in [1.82, 2.24) is 0 Å². The minimum Gasteiger partial charge on any atom is -0.327 e. The lowest BCUT2D eigenvalue weighted by Gasteiger charge is -2.32. The van der Waals surface area contributed by atoms with Gasteiger partial charge in [-0.05, 0) is 35.6 Å². The zero-order valence-corrected chi connectivity index (χ0v) is 11.5. The summed E-state index contributed by atoms with van der Waals surface area (Å²) in [6.07, 6.45) is 0.849. The van der Waals surface area contributed by atoms with E-state index in [9.17, 15) is 4.39 Å². The van der Waals surface area contributed by atoms with Gasteiger partial charge in [-0.2, -0.15) is 0 Å². The molecule has 0 radical (unpaired) electrons. The first-order valence-corrected chi connectivity index (χ1v) is 6.92. The first kappa shape index (κ1) is 13.2. The van der Waals surface area contributed by atoms with Crippen molar-refractivity contribution in [2.24, 2.45) is 5.73 Å². The van der Waals surface area contributed by atoms with Crippen molar-refractivity contribution < 1.29 is 4.39 Å². The van der Waals surface area contributed by atoms with Crippen molar-refractivity contribution in [2.45, 2.75) is 31.7 Å². The molecular formula is C15H18FNS. The maximum absolute atomic E-state index is 13.0. The Morgan fingerprint density at radius 3 is 2.44 bits per heavy atom. The molecule has 0 aliphatic carbocycles. The van der Waals surface area contributed by atoms with Crippen molar-refractivity contribution >= 4 is 11.3 Å². The molecule has 2 rings (SSSR count). The third-order valence-corrected chi connectivity index (χ3v) is 4.42. The van der Waals surface area contributed by atoms with Crippen LogP contribution in [0.1, 0.15) is 24.3 Å². The van der Waals surface area contributed by atoms with Gasteiger partial charge in [-0.1, -0.05) is 32.0 Å². The predicted octanol–water partition coefficient (Wildman–Crippen LogP) is 3.73. The van der Waals surface area contributed by atoms with Gasteiger partial charge in [0.1, 0.15) is 5.82 Å². The van der Waals surface area contributed by atoms with E-state index in [-0.39, 0.29) is 17.3 Å². The number of nitrogens with two attached hydrogens (primary N) is 1. The van der Waals surface area contributed by atoms with E-state index in [0.29, 0.717) is 0 Å². The first-order valence-electron chi connectivity index (χ1n) is 6.04. The molecular weight excluding hydrogens is 245 g/mol. The van der Waals surface area contributed by atoms with E-state index in [2.05, 4.69) is 25.3 Å². The SMILES string of the molecule is CC(C)(c1ccc(F)cc1)C(N)Cc1cccs1. The minimum absolute atomic E-state index is 0.0154. The molecule has 1 unspecified atom stereocenters. The molecule has 0 saturated heterocycles. The molecule has 1 atom stereocenters. The molecule has 0 aliphatic heterocycles. The first-order chi connectivity index (χ1) is 8.50. The molecule has 0 bridgehead atoms. The third kappa shape index (κ3) is 2.79. The molecule has 18 heavy (non-hydrogen) atoms. The summed E-state index contributed by atoms with van der Waals surface area (Å²) >= 11 is 1.73. The number of hydrogen-bond acceptors (Lipinski definition) is 2. The second kappa shape index (κ2) is 5.21. The van der Waals surface area contributed by atoms with Crippen LogP contribution in [0.4, 0.5) is 4.39 Å². The average molecular weight is 263 g/mol. The van der Waals surface area contributed by atoms with Gasteiger partial charge in [-0.15, -0.1) is 11.3 Å². The Bertz CT molecular complexity index is 488. The second-order valence-corrected chi connectivity index (χ2v) is 6.15. The van der Waals surface area contributed by atoms with Crippen molar-refractivity contribution in [3.8, 4) is 0 Å². The van der Waals surface area contributed by atoms with E-state index < -0.39 is 0 Å². The van der Waals surface area contributed by atoms with Gasteiger partial charge in [0.15, 0.2) is 0 Å². The van der Waals surface area contributed by atoms with Crippen LogP contribution in [0.15, 0.2) is 41.8 Å². The lowest BCUT2D eigenvalue weighted by molar-refractivity contribution is 0.407. The molecule has 2 aromatic rings. The van der Waals surface area contributed by atoms with Crippen molar-refractivity contribution in [2.75, 3.05) is 0 Å². The highest BCUT2D eigenvalue weighted by Crippen LogP contribution is 2.28. The zero-order chi connectivity index (χ0) is 13.2. The number of halogens is 1. The molecule has 0 fully saturated rings. The Kier molecular flexibility index (Phi) is 3.83. The van der Waals surface area contributed by atoms with Crippen LogP contribution in [-0.4, -0.2) is 6.04 Å². The molecule has 1 aromatic heterocycles. The third-order valence-electron chi connectivity index (χ3n) is 3.52. The van der Waals surface area contributed by atoms with E-state index in [1.165, 1.54) is 17.0 Å². The monoisotopic (exact) mass is 263 g/mol. The van der Waals surface area contributed by atoms with Crippen molar-refractivity contribution in [3.63, 3.8) is 0 Å². The maximum Gasteiger partial charge on any atom is 0.123 e. The van der Waals surface area contributed by atoms with Gasteiger partial charge in [-0.3, -0.25) is 0 Å². The summed E-state index contributed by atoms with van der Waals surface area (Å²) in [5, 5.41) is 2.06. The van der Waals surface area contributed by atoms with E-state index in [4.69, 9.17) is 5.73 Å². The topological polar surface area (TPSA) is 26.0 Å². The van der Waals surface area contributed by atoms with E-state index >= 15 is 0 Å². The summed E-state index contributed by atoms with van der Waals surface area (Å²) in [4.78, 5) is 1.29. The Morgan fingerprint density at radius 2 is 1.89 bits per heavy atom. The number of rotatable bonds is 4. The highest BCUT2D eigenvalue weighted by atomic mass is 32.1. The lowest BCUT2D eigenvalue weighted by Crippen LogP contribution is -2.42. The normalized spacial score (nSPS) is 13.6. The second-order valence-electron chi connectivity index (χ2n) is 5.12. The van der Waals surface area contributed by atoms with Gasteiger partial charge in [0.2, 0.25) is 0 Å². The van der Waals surface area contributed by atoms with Crippen LogP contribution in [0.3, 0.4) is 0 Å². The largest absolute Gasteiger partial charge is 0.327 e. The number of thiophene rings is 1. The summed E-state index contributed by atoms with van der Waals surface area (Å²) in [5.74, 6) is -0.207. The summed E-state index contributed by atoms with van der Waals surface area (Å²) in [6, 6.07) is 10.8. The quantitative estimate of drug-likeness (QED) is 0.893. The molecule has 96 valence electrons. The van der Waals surface area contributed by atoms with Crippen molar-refractivity contribution in [3.05, 3.63) is 58.0 Å². The van der Waals surface area contributed by atoms with Crippen LogP contribution >= 0.6 is 11.3 Å². The van der Waals surface area contributed by atoms with E-state index in [1.54, 1.807) is 11.3 Å². The molecule has 1 heterocycles. The fourth-order valence-corrected chi connectivity index (χ4v) is 2.76. The predicted molar refractivity (Wildman–Crippen MR) is 75.4 cm³/mol. The Balaban J connectivity index is 2.16. The Morgan fingerprint density at radius 1 is 1.22 bits per heavy atom. The maximum atomic E-state index is 13.0. The highest BCUT2D eigenvalue weighted by Gasteiger charge is 2.28. The molecule has 0 spiro atoms. The van der Waals surface area contributed by atoms with Gasteiger partial charge in [0.25, 0.3) is 0 Å². The molecule has 1 aromatic carbocycles. The Labute approximate surface area is 111 Å². The van der Waals surface area contributed by atoms with Gasteiger partial charge in [-0.25, -0.2) is 4.39 Å². The Hall–Kier alpha value is -1.19. The summed E-state index contributed by atoms with van der Waals surface area (Å²) < 4.78 is 13.0. The molecule has 1 nitrogen and oxygen atoms in total. The van der Waals surface area contributed by atoms with E-state index in [1.807, 2.05) is 18.2 Å². The van der Waals surface area contributed by atoms with Gasteiger partial charge >= 0.3 is 0 Å². The van der Waals surface area contributed by atoms with Crippen LogP contribution in [0.25, 0.3) is 0 Å². The lowest BCUT2D eigenvalue weighted by atomic mass is 9.76. The van der Waals surface area contributed by atoms with Crippen molar-refractivity contribution in [1.29, 1.82) is 0 Å². The number of benzene rings is 1. The fraction of sp³-hybridized carbons (Fsp3) is 0.333. The molecule has 0 saturated carbocycles. The van der Waals surface area contributed by atoms with Crippen LogP contribution in [-0.2, 0) is 11.8 Å². The van der Waals surface area contributed by atoms with Crippen LogP contribution in [0, 0.1) is 5.82 Å². The smallest absolute Gasteiger partial charge is 0.123 e. The van der Waals surface area contributed by atoms with Gasteiger partial charge < -0.3 is 5.73 Å². The van der Waals surface area contributed by atoms with Gasteiger partial charge in [0, 0.05) is 16.3 Å². The van der Waals surface area contributed by atoms with Gasteiger partial charge in [0.05, 0.1) is 0 Å². The molecule has 3 heteroatoms. The zero-order valence-electron chi connectivity index (χ0n) is 10.7. The standard InChI is InChI=1S/C15H18FNS/c1-15(2,11-5-7-12(16)8-6-11)14(17)10-13-4-3-9-18-13/h3-9,14H,10,17H2,1-2H3. The van der Waals surface area contributed by atoms with Crippen LogP contribution in [0.5, 0.6) is 0 Å². The number of hydrogen-bond donors (Lipinski definition) is 1. The fourth-order valence-electron chi connectivity index (χ4n) is 1.99. The van der Waals surface area contributed by atoms with Crippen LogP contribution < -0.4 is 5.73 Å². The van der Waals surface area contributed by atoms with Crippen LogP contribution in [0.2, 0.25) is 0 Å². The van der Waals surface area contributed by atoms with E-state index in [0.717, 1.165) is 12.0 Å². The minimum atomic E-state index is -0.207. The summed E-state index contributed by atoms with van der Waals surface area (Å²) in [6.45, 7) is 4.22. The summed E-state index contributed by atoms with van der Waals surface area (Å²) in [5.41, 5.74) is 7.23. The highest BCUT2D eigenvalue weighted by molar-refractivity contribution is 7.09. The molecule has 0 amide bonds. The molecule has 0 aliphatic rings.